The second kappa shape index (κ2) is 7.58. The molecule has 2 aromatic rings. The first-order valence-corrected chi connectivity index (χ1v) is 7.63. The van der Waals surface area contributed by atoms with E-state index in [-0.39, 0.29) is 18.4 Å². The minimum Gasteiger partial charge on any atom is -0.350 e. The van der Waals surface area contributed by atoms with Gasteiger partial charge in [0.2, 0.25) is 11.8 Å². The quantitative estimate of drug-likeness (QED) is 0.923. The Kier molecular flexibility index (Phi) is 5.52. The fourth-order valence-corrected chi connectivity index (χ4v) is 2.34. The van der Waals surface area contributed by atoms with Crippen LogP contribution in [0, 0.1) is 13.8 Å². The van der Waals surface area contributed by atoms with Crippen LogP contribution < -0.4 is 10.2 Å². The number of aryl methyl sites for hydroxylation is 2. The van der Waals surface area contributed by atoms with Crippen LogP contribution in [0.15, 0.2) is 48.5 Å². The van der Waals surface area contributed by atoms with Crippen LogP contribution in [0.4, 0.5) is 5.69 Å². The van der Waals surface area contributed by atoms with Crippen LogP contribution in [-0.2, 0) is 16.1 Å². The smallest absolute Gasteiger partial charge is 0.240 e. The lowest BCUT2D eigenvalue weighted by Crippen LogP contribution is -2.39. The van der Waals surface area contributed by atoms with Crippen molar-refractivity contribution in [3.63, 3.8) is 0 Å². The summed E-state index contributed by atoms with van der Waals surface area (Å²) >= 11 is 0. The van der Waals surface area contributed by atoms with E-state index >= 15 is 0 Å². The van der Waals surface area contributed by atoms with Crippen LogP contribution in [-0.4, -0.2) is 18.4 Å². The summed E-state index contributed by atoms with van der Waals surface area (Å²) in [5, 5.41) is 2.86. The monoisotopic (exact) mass is 310 g/mol. The molecule has 0 heterocycles. The second-order valence-corrected chi connectivity index (χ2v) is 5.65. The van der Waals surface area contributed by atoms with Crippen molar-refractivity contribution in [1.82, 2.24) is 5.32 Å². The maximum atomic E-state index is 12.2. The summed E-state index contributed by atoms with van der Waals surface area (Å²) in [4.78, 5) is 25.6. The molecule has 1 N–H and O–H groups in total. The molecule has 0 radical (unpaired) electrons. The Bertz CT molecular complexity index is 693. The van der Waals surface area contributed by atoms with Crippen LogP contribution in [0.5, 0.6) is 0 Å². The molecule has 0 bridgehead atoms. The van der Waals surface area contributed by atoms with Crippen LogP contribution in [0.2, 0.25) is 0 Å². The molecule has 0 unspecified atom stereocenters. The van der Waals surface area contributed by atoms with E-state index in [0.29, 0.717) is 6.54 Å². The third-order valence-electron chi connectivity index (χ3n) is 3.70. The Morgan fingerprint density at radius 1 is 1.00 bits per heavy atom. The van der Waals surface area contributed by atoms with Crippen molar-refractivity contribution in [3.8, 4) is 0 Å². The van der Waals surface area contributed by atoms with Crippen molar-refractivity contribution in [2.75, 3.05) is 11.4 Å². The lowest BCUT2D eigenvalue weighted by Gasteiger charge is -2.22. The summed E-state index contributed by atoms with van der Waals surface area (Å²) in [5.74, 6) is -0.325. The van der Waals surface area contributed by atoms with Crippen molar-refractivity contribution < 1.29 is 9.59 Å². The van der Waals surface area contributed by atoms with E-state index < -0.39 is 0 Å². The van der Waals surface area contributed by atoms with Gasteiger partial charge in [-0.1, -0.05) is 48.0 Å². The van der Waals surface area contributed by atoms with Gasteiger partial charge in [0.25, 0.3) is 0 Å². The van der Waals surface area contributed by atoms with Crippen molar-refractivity contribution in [2.45, 2.75) is 27.3 Å². The number of nitrogens with zero attached hydrogens (tertiary/aromatic N) is 1. The molecular weight excluding hydrogens is 288 g/mol. The molecule has 0 fully saturated rings. The van der Waals surface area contributed by atoms with Gasteiger partial charge in [-0.2, -0.15) is 0 Å². The van der Waals surface area contributed by atoms with Crippen LogP contribution in [0.25, 0.3) is 0 Å². The van der Waals surface area contributed by atoms with Gasteiger partial charge in [-0.05, 0) is 31.0 Å². The first-order valence-electron chi connectivity index (χ1n) is 7.63. The zero-order chi connectivity index (χ0) is 16.8. The molecule has 0 saturated carbocycles. The summed E-state index contributed by atoms with van der Waals surface area (Å²) in [6.45, 7) is 5.90. The van der Waals surface area contributed by atoms with Gasteiger partial charge in [0, 0.05) is 19.2 Å². The molecule has 0 atom stereocenters. The van der Waals surface area contributed by atoms with Crippen LogP contribution in [0.1, 0.15) is 23.6 Å². The predicted octanol–water partition coefficient (Wildman–Crippen LogP) is 2.97. The van der Waals surface area contributed by atoms with Gasteiger partial charge < -0.3 is 10.2 Å². The zero-order valence-corrected chi connectivity index (χ0v) is 13.8. The minimum absolute atomic E-state index is 0.0199. The van der Waals surface area contributed by atoms with E-state index in [1.807, 2.05) is 62.4 Å². The zero-order valence-electron chi connectivity index (χ0n) is 13.8. The van der Waals surface area contributed by atoms with Gasteiger partial charge in [-0.15, -0.1) is 0 Å². The normalized spacial score (nSPS) is 10.2. The molecule has 2 aromatic carbocycles. The third-order valence-corrected chi connectivity index (χ3v) is 3.70. The highest BCUT2D eigenvalue weighted by molar-refractivity contribution is 5.98. The molecule has 120 valence electrons. The van der Waals surface area contributed by atoms with Crippen molar-refractivity contribution in [3.05, 3.63) is 65.2 Å². The highest BCUT2D eigenvalue weighted by Gasteiger charge is 2.17. The van der Waals surface area contributed by atoms with Gasteiger partial charge >= 0.3 is 0 Å². The minimum atomic E-state index is -0.177. The lowest BCUT2D eigenvalue weighted by molar-refractivity contribution is -0.123. The molecule has 0 saturated heterocycles. The molecule has 0 aromatic heterocycles. The van der Waals surface area contributed by atoms with E-state index in [2.05, 4.69) is 5.32 Å². The van der Waals surface area contributed by atoms with E-state index in [0.717, 1.165) is 16.8 Å². The highest BCUT2D eigenvalue weighted by Crippen LogP contribution is 2.19. The number of rotatable bonds is 5. The van der Waals surface area contributed by atoms with Crippen LogP contribution >= 0.6 is 0 Å². The van der Waals surface area contributed by atoms with Gasteiger partial charge in [0.15, 0.2) is 0 Å². The molecule has 23 heavy (non-hydrogen) atoms. The molecule has 0 aliphatic carbocycles. The van der Waals surface area contributed by atoms with Crippen molar-refractivity contribution in [1.29, 1.82) is 0 Å². The molecule has 4 heteroatoms. The number of benzene rings is 2. The molecule has 0 spiro atoms. The van der Waals surface area contributed by atoms with Gasteiger partial charge in [0.1, 0.15) is 6.54 Å². The van der Waals surface area contributed by atoms with Gasteiger partial charge in [0.05, 0.1) is 0 Å². The molecule has 0 aliphatic rings. The summed E-state index contributed by atoms with van der Waals surface area (Å²) in [5.41, 5.74) is 3.95. The second-order valence-electron chi connectivity index (χ2n) is 5.65. The van der Waals surface area contributed by atoms with Gasteiger partial charge in [-0.3, -0.25) is 9.59 Å². The number of para-hydroxylation sites is 1. The number of amides is 2. The summed E-state index contributed by atoms with van der Waals surface area (Å²) in [6.07, 6.45) is 0. The van der Waals surface area contributed by atoms with E-state index in [1.165, 1.54) is 17.4 Å². The van der Waals surface area contributed by atoms with Gasteiger partial charge in [-0.25, -0.2) is 0 Å². The van der Waals surface area contributed by atoms with E-state index in [1.54, 1.807) is 0 Å². The predicted molar refractivity (Wildman–Crippen MR) is 92.2 cm³/mol. The largest absolute Gasteiger partial charge is 0.350 e. The molecule has 4 nitrogen and oxygen atoms in total. The number of hydrogen-bond acceptors (Lipinski definition) is 2. The molecule has 0 aliphatic heterocycles. The Labute approximate surface area is 137 Å². The van der Waals surface area contributed by atoms with E-state index in [9.17, 15) is 9.59 Å². The number of hydrogen-bond donors (Lipinski definition) is 1. The molecule has 2 amide bonds. The summed E-state index contributed by atoms with van der Waals surface area (Å²) in [6, 6.07) is 15.5. The molecule has 2 rings (SSSR count). The Morgan fingerprint density at radius 3 is 2.26 bits per heavy atom. The first kappa shape index (κ1) is 16.7. The number of anilines is 1. The van der Waals surface area contributed by atoms with Crippen LogP contribution in [0.3, 0.4) is 0 Å². The van der Waals surface area contributed by atoms with Crippen molar-refractivity contribution in [2.24, 2.45) is 0 Å². The number of carbonyl (C=O) groups excluding carboxylic acids is 2. The Hall–Kier alpha value is -2.62. The average Bonchev–Trinajstić information content (AvgIpc) is 2.52. The average molecular weight is 310 g/mol. The SMILES string of the molecule is CC(=O)N(CC(=O)NCc1ccc(C)cc1)c1ccccc1C. The topological polar surface area (TPSA) is 49.4 Å². The number of nitrogens with one attached hydrogen (secondary N) is 1. The molecular formula is C19H22N2O2. The maximum absolute atomic E-state index is 12.2. The summed E-state index contributed by atoms with van der Waals surface area (Å²) < 4.78 is 0. The van der Waals surface area contributed by atoms with Crippen molar-refractivity contribution >= 4 is 17.5 Å². The maximum Gasteiger partial charge on any atom is 0.240 e. The van der Waals surface area contributed by atoms with E-state index in [4.69, 9.17) is 0 Å². The fraction of sp³-hybridized carbons (Fsp3) is 0.263. The Morgan fingerprint density at radius 2 is 1.65 bits per heavy atom. The third kappa shape index (κ3) is 4.68. The number of carbonyl (C=O) groups is 2. The Balaban J connectivity index is 2.00. The first-order chi connectivity index (χ1) is 11.0. The highest BCUT2D eigenvalue weighted by atomic mass is 16.2. The summed E-state index contributed by atoms with van der Waals surface area (Å²) in [7, 11) is 0. The fourth-order valence-electron chi connectivity index (χ4n) is 2.34. The lowest BCUT2D eigenvalue weighted by atomic mass is 10.1. The standard InChI is InChI=1S/C19H22N2O2/c1-14-8-10-17(11-9-14)12-20-19(23)13-21(16(3)22)18-7-5-4-6-15(18)2/h4-11H,12-13H2,1-3H3,(H,20,23).